The lowest BCUT2D eigenvalue weighted by Gasteiger charge is -2.36. The second-order valence-electron chi connectivity index (χ2n) is 13.8. The standard InChI is InChI=1S/C39H34FN7O6/c1-39(2,23-5-10-27(11-6-23)53-36-31(40)13-15-33(44-36)47-41-17-18-42-47)22-3-8-26(9-4-22)52-28-19-25(20-28)43-24-7-12-29-30(21-24)38(51)46(37(29)50)32-14-16-34(48)45-35(32)49/h3-13,15,17-18,21,25,28,32,43H,14,16,19-20H2,1-2H3,(H,45,48,49)/t25-,28-,32?. The smallest absolute Gasteiger partial charge is 0.262 e. The minimum absolute atomic E-state index is 0.00962. The van der Waals surface area contributed by atoms with Crippen molar-refractivity contribution in [2.45, 2.75) is 63.1 Å². The highest BCUT2D eigenvalue weighted by Gasteiger charge is 2.45. The van der Waals surface area contributed by atoms with Gasteiger partial charge < -0.3 is 14.8 Å². The maximum Gasteiger partial charge on any atom is 0.262 e. The first-order valence-electron chi connectivity index (χ1n) is 17.2. The fraction of sp³-hybridized carbons (Fsp3) is 0.256. The Morgan fingerprint density at radius 1 is 0.830 bits per heavy atom. The molecule has 3 aromatic carbocycles. The molecule has 1 saturated carbocycles. The zero-order valence-corrected chi connectivity index (χ0v) is 28.8. The number of nitrogens with one attached hydrogen (secondary N) is 2. The first kappa shape index (κ1) is 33.7. The van der Waals surface area contributed by atoms with Crippen LogP contribution >= 0.6 is 0 Å². The molecule has 5 aromatic rings. The highest BCUT2D eigenvalue weighted by atomic mass is 19.1. The number of hydrogen-bond acceptors (Lipinski definition) is 10. The topological polar surface area (TPSA) is 158 Å². The van der Waals surface area contributed by atoms with Crippen LogP contribution < -0.4 is 20.1 Å². The van der Waals surface area contributed by atoms with Gasteiger partial charge in [-0.25, -0.2) is 4.39 Å². The summed E-state index contributed by atoms with van der Waals surface area (Å²) in [4.78, 5) is 56.5. The number of amides is 4. The second-order valence-corrected chi connectivity index (χ2v) is 13.8. The van der Waals surface area contributed by atoms with Crippen molar-refractivity contribution in [3.05, 3.63) is 119 Å². The van der Waals surface area contributed by atoms with Gasteiger partial charge in [-0.15, -0.1) is 4.80 Å². The summed E-state index contributed by atoms with van der Waals surface area (Å²) in [5.74, 6) is -1.35. The monoisotopic (exact) mass is 715 g/mol. The molecule has 4 amide bonds. The Bertz CT molecular complexity index is 2240. The van der Waals surface area contributed by atoms with E-state index in [9.17, 15) is 23.6 Å². The number of pyridine rings is 1. The van der Waals surface area contributed by atoms with Crippen LogP contribution in [0.15, 0.2) is 91.3 Å². The third-order valence-electron chi connectivity index (χ3n) is 10.00. The Morgan fingerprint density at radius 2 is 1.49 bits per heavy atom. The number of anilines is 1. The van der Waals surface area contributed by atoms with E-state index in [4.69, 9.17) is 9.47 Å². The number of carbonyl (C=O) groups is 4. The van der Waals surface area contributed by atoms with Gasteiger partial charge in [0.15, 0.2) is 11.6 Å². The molecule has 8 rings (SSSR count). The molecule has 1 atom stereocenters. The van der Waals surface area contributed by atoms with E-state index in [0.29, 0.717) is 17.3 Å². The molecule has 0 radical (unpaired) electrons. The molecule has 0 spiro atoms. The van der Waals surface area contributed by atoms with Crippen molar-refractivity contribution < 1.29 is 33.0 Å². The van der Waals surface area contributed by atoms with E-state index >= 15 is 0 Å². The number of halogens is 1. The van der Waals surface area contributed by atoms with Crippen LogP contribution in [0.4, 0.5) is 10.1 Å². The van der Waals surface area contributed by atoms with Crippen LogP contribution in [0, 0.1) is 5.82 Å². The number of nitrogens with zero attached hydrogens (tertiary/aromatic N) is 5. The Balaban J connectivity index is 0.846. The zero-order valence-electron chi connectivity index (χ0n) is 28.8. The van der Waals surface area contributed by atoms with Crippen LogP contribution in [-0.4, -0.2) is 66.7 Å². The molecule has 2 aliphatic heterocycles. The first-order chi connectivity index (χ1) is 25.5. The fourth-order valence-electron chi connectivity index (χ4n) is 6.87. The molecule has 1 saturated heterocycles. The van der Waals surface area contributed by atoms with Crippen molar-refractivity contribution >= 4 is 29.3 Å². The highest BCUT2D eigenvalue weighted by Crippen LogP contribution is 2.36. The summed E-state index contributed by atoms with van der Waals surface area (Å²) in [5.41, 5.74) is 2.95. The lowest BCUT2D eigenvalue weighted by atomic mass is 9.78. The predicted molar refractivity (Wildman–Crippen MR) is 188 cm³/mol. The lowest BCUT2D eigenvalue weighted by molar-refractivity contribution is -0.136. The molecular formula is C39H34FN7O6. The SMILES string of the molecule is CC(C)(c1ccc(Oc2nc(-n3nccn3)ccc2F)cc1)c1ccc(O[C@H]2C[C@H](Nc3ccc4c(c3)C(=O)N(C3CCC(=O)NC3=O)C4=O)C2)cc1. The number of rotatable bonds is 10. The van der Waals surface area contributed by atoms with E-state index in [1.165, 1.54) is 29.3 Å². The lowest BCUT2D eigenvalue weighted by Crippen LogP contribution is -2.54. The Kier molecular flexibility index (Phi) is 8.44. The maximum absolute atomic E-state index is 14.5. The normalized spacial score (nSPS) is 19.8. The molecule has 2 aromatic heterocycles. The van der Waals surface area contributed by atoms with Crippen molar-refractivity contribution in [3.8, 4) is 23.2 Å². The van der Waals surface area contributed by atoms with Crippen molar-refractivity contribution in [2.75, 3.05) is 5.32 Å². The van der Waals surface area contributed by atoms with Crippen molar-refractivity contribution in [3.63, 3.8) is 0 Å². The van der Waals surface area contributed by atoms with Crippen LogP contribution in [-0.2, 0) is 15.0 Å². The van der Waals surface area contributed by atoms with Gasteiger partial charge in [0.25, 0.3) is 17.7 Å². The van der Waals surface area contributed by atoms with E-state index in [1.54, 1.807) is 30.3 Å². The Morgan fingerprint density at radius 3 is 2.17 bits per heavy atom. The molecule has 0 bridgehead atoms. The van der Waals surface area contributed by atoms with Crippen LogP contribution in [0.1, 0.15) is 71.4 Å². The van der Waals surface area contributed by atoms with E-state index in [0.717, 1.165) is 34.6 Å². The molecule has 2 N–H and O–H groups in total. The molecule has 4 heterocycles. The van der Waals surface area contributed by atoms with Crippen LogP contribution in [0.25, 0.3) is 5.82 Å². The van der Waals surface area contributed by atoms with Crippen molar-refractivity contribution in [2.24, 2.45) is 0 Å². The van der Waals surface area contributed by atoms with Gasteiger partial charge in [0.1, 0.15) is 23.6 Å². The van der Waals surface area contributed by atoms with E-state index in [2.05, 4.69) is 39.7 Å². The average molecular weight is 716 g/mol. The number of ether oxygens (including phenoxy) is 2. The van der Waals surface area contributed by atoms with Gasteiger partial charge in [-0.2, -0.15) is 15.2 Å². The molecule has 3 aliphatic rings. The summed E-state index contributed by atoms with van der Waals surface area (Å²) in [6, 6.07) is 22.3. The van der Waals surface area contributed by atoms with Crippen molar-refractivity contribution in [1.29, 1.82) is 0 Å². The molecular weight excluding hydrogens is 681 g/mol. The summed E-state index contributed by atoms with van der Waals surface area (Å²) in [6.45, 7) is 4.25. The first-order valence-corrected chi connectivity index (χ1v) is 17.2. The van der Waals surface area contributed by atoms with Gasteiger partial charge >= 0.3 is 0 Å². The van der Waals surface area contributed by atoms with E-state index < -0.39 is 35.5 Å². The third-order valence-corrected chi connectivity index (χ3v) is 10.00. The number of piperidine rings is 1. The predicted octanol–water partition coefficient (Wildman–Crippen LogP) is 5.34. The summed E-state index contributed by atoms with van der Waals surface area (Å²) < 4.78 is 26.5. The molecule has 1 unspecified atom stereocenters. The summed E-state index contributed by atoms with van der Waals surface area (Å²) >= 11 is 0. The minimum Gasteiger partial charge on any atom is -0.490 e. The van der Waals surface area contributed by atoms with Gasteiger partial charge in [-0.3, -0.25) is 29.4 Å². The molecule has 268 valence electrons. The number of hydrogen-bond donors (Lipinski definition) is 2. The minimum atomic E-state index is -0.999. The van der Waals surface area contributed by atoms with E-state index in [-0.39, 0.29) is 47.4 Å². The molecule has 13 nitrogen and oxygen atoms in total. The average Bonchev–Trinajstić information content (AvgIpc) is 3.76. The van der Waals surface area contributed by atoms with Gasteiger partial charge in [-0.05, 0) is 72.1 Å². The summed E-state index contributed by atoms with van der Waals surface area (Å²) in [6.07, 6.45) is 4.70. The second kappa shape index (κ2) is 13.3. The van der Waals surface area contributed by atoms with Gasteiger partial charge in [0.05, 0.1) is 23.5 Å². The van der Waals surface area contributed by atoms with E-state index in [1.807, 2.05) is 36.4 Å². The molecule has 53 heavy (non-hydrogen) atoms. The van der Waals surface area contributed by atoms with Crippen LogP contribution in [0.5, 0.6) is 17.4 Å². The summed E-state index contributed by atoms with van der Waals surface area (Å²) in [5, 5.41) is 13.7. The van der Waals surface area contributed by atoms with Gasteiger partial charge in [0.2, 0.25) is 11.8 Å². The van der Waals surface area contributed by atoms with Gasteiger partial charge in [0, 0.05) is 36.4 Å². The number of carbonyl (C=O) groups excluding carboxylic acids is 4. The molecule has 14 heteroatoms. The van der Waals surface area contributed by atoms with Gasteiger partial charge in [-0.1, -0.05) is 38.1 Å². The van der Waals surface area contributed by atoms with Crippen molar-refractivity contribution in [1.82, 2.24) is 30.2 Å². The largest absolute Gasteiger partial charge is 0.490 e. The Labute approximate surface area is 303 Å². The van der Waals surface area contributed by atoms with Crippen LogP contribution in [0.2, 0.25) is 0 Å². The highest BCUT2D eigenvalue weighted by molar-refractivity contribution is 6.23. The zero-order chi connectivity index (χ0) is 36.9. The quantitative estimate of drug-likeness (QED) is 0.181. The maximum atomic E-state index is 14.5. The fourth-order valence-corrected chi connectivity index (χ4v) is 6.87. The number of benzene rings is 3. The number of imide groups is 2. The Hall–Kier alpha value is -6.44. The number of aromatic nitrogens is 4. The number of fused-ring (bicyclic) bond motifs is 1. The van der Waals surface area contributed by atoms with Crippen LogP contribution in [0.3, 0.4) is 0 Å². The summed E-state index contributed by atoms with van der Waals surface area (Å²) in [7, 11) is 0. The molecule has 1 aliphatic carbocycles. The third kappa shape index (κ3) is 6.47. The molecule has 2 fully saturated rings.